The fourth-order valence-electron chi connectivity index (χ4n) is 2.36. The van der Waals surface area contributed by atoms with E-state index in [1.807, 2.05) is 0 Å². The minimum atomic E-state index is -0.710. The van der Waals surface area contributed by atoms with Crippen molar-refractivity contribution in [3.63, 3.8) is 0 Å². The fraction of sp³-hybridized carbons (Fsp3) is 0. The number of carbonyl (C=O) groups is 2. The molecule has 0 unspecified atom stereocenters. The lowest BCUT2D eigenvalue weighted by atomic mass is 10.1. The van der Waals surface area contributed by atoms with Gasteiger partial charge in [0.15, 0.2) is 0 Å². The molecule has 6 nitrogen and oxygen atoms in total. The van der Waals surface area contributed by atoms with Crippen molar-refractivity contribution >= 4 is 63.6 Å². The molecule has 2 amide bonds. The van der Waals surface area contributed by atoms with Gasteiger partial charge in [-0.15, -0.1) is 0 Å². The summed E-state index contributed by atoms with van der Waals surface area (Å²) in [4.78, 5) is 36.1. The number of non-ortho nitro benzene ring substituents is 1. The summed E-state index contributed by atoms with van der Waals surface area (Å²) in [5, 5.41) is 10.9. The van der Waals surface area contributed by atoms with E-state index in [1.54, 1.807) is 0 Å². The van der Waals surface area contributed by atoms with Crippen molar-refractivity contribution in [2.24, 2.45) is 0 Å². The average molecular weight is 398 g/mol. The molecule has 1 aliphatic rings. The Kier molecular flexibility index (Phi) is 4.51. The Morgan fingerprint density at radius 2 is 1.52 bits per heavy atom. The highest BCUT2D eigenvalue weighted by Crippen LogP contribution is 2.37. The van der Waals surface area contributed by atoms with Gasteiger partial charge in [-0.25, -0.2) is 4.90 Å². The maximum Gasteiger partial charge on any atom is 0.277 e. The molecule has 1 heterocycles. The first-order valence-corrected chi connectivity index (χ1v) is 7.93. The van der Waals surface area contributed by atoms with Gasteiger partial charge in [0.1, 0.15) is 5.03 Å². The minimum absolute atomic E-state index is 0.0346. The van der Waals surface area contributed by atoms with Gasteiger partial charge in [0.05, 0.1) is 26.2 Å². The van der Waals surface area contributed by atoms with Crippen LogP contribution in [0.15, 0.2) is 47.5 Å². The molecule has 0 fully saturated rings. The van der Waals surface area contributed by atoms with Crippen LogP contribution >= 0.6 is 34.8 Å². The molecule has 0 atom stereocenters. The number of nitrogens with zero attached hydrogens (tertiary/aromatic N) is 2. The monoisotopic (exact) mass is 396 g/mol. The Labute approximate surface area is 156 Å². The summed E-state index contributed by atoms with van der Waals surface area (Å²) in [6.07, 6.45) is 0. The number of amides is 2. The zero-order chi connectivity index (χ0) is 18.3. The summed E-state index contributed by atoms with van der Waals surface area (Å²) in [6.45, 7) is 0. The molecule has 0 radical (unpaired) electrons. The van der Waals surface area contributed by atoms with Gasteiger partial charge < -0.3 is 0 Å². The molecule has 25 heavy (non-hydrogen) atoms. The summed E-state index contributed by atoms with van der Waals surface area (Å²) in [7, 11) is 0. The van der Waals surface area contributed by atoms with Crippen molar-refractivity contribution in [1.29, 1.82) is 0 Å². The zero-order valence-electron chi connectivity index (χ0n) is 12.2. The van der Waals surface area contributed by atoms with Crippen molar-refractivity contribution in [2.75, 3.05) is 4.90 Å². The zero-order valence-corrected chi connectivity index (χ0v) is 14.5. The van der Waals surface area contributed by atoms with E-state index >= 15 is 0 Å². The van der Waals surface area contributed by atoms with Crippen LogP contribution in [0.3, 0.4) is 0 Å². The van der Waals surface area contributed by atoms with Gasteiger partial charge in [0.2, 0.25) is 0 Å². The number of hydrogen-bond donors (Lipinski definition) is 0. The molecular formula is C16H7Cl3N2O4. The van der Waals surface area contributed by atoms with Crippen LogP contribution in [-0.2, 0) is 9.59 Å². The van der Waals surface area contributed by atoms with E-state index in [0.29, 0.717) is 5.56 Å². The summed E-state index contributed by atoms with van der Waals surface area (Å²) >= 11 is 17.8. The SMILES string of the molecule is O=C1C(Cl)=C(c2ccc([N+](=O)[O-])cc2)C(=O)N1c1ccc(Cl)c(Cl)c1. The third-order valence-electron chi connectivity index (χ3n) is 3.56. The van der Waals surface area contributed by atoms with Crippen LogP contribution in [0.25, 0.3) is 5.57 Å². The van der Waals surface area contributed by atoms with Crippen LogP contribution in [-0.4, -0.2) is 16.7 Å². The number of nitro benzene ring substituents is 1. The Morgan fingerprint density at radius 1 is 0.880 bits per heavy atom. The fourth-order valence-corrected chi connectivity index (χ4v) is 2.93. The van der Waals surface area contributed by atoms with Gasteiger partial charge in [-0.05, 0) is 35.9 Å². The topological polar surface area (TPSA) is 80.5 Å². The third kappa shape index (κ3) is 3.00. The molecule has 0 bridgehead atoms. The van der Waals surface area contributed by atoms with Crippen molar-refractivity contribution in [3.8, 4) is 0 Å². The number of carbonyl (C=O) groups excluding carboxylic acids is 2. The summed E-state index contributed by atoms with van der Waals surface area (Å²) in [5.41, 5.74) is 0.349. The number of nitro groups is 1. The molecule has 126 valence electrons. The number of hydrogen-bond acceptors (Lipinski definition) is 4. The van der Waals surface area contributed by atoms with Gasteiger partial charge in [-0.2, -0.15) is 0 Å². The Morgan fingerprint density at radius 3 is 2.08 bits per heavy atom. The molecule has 2 aromatic rings. The Bertz CT molecular complexity index is 954. The lowest BCUT2D eigenvalue weighted by Crippen LogP contribution is -2.31. The third-order valence-corrected chi connectivity index (χ3v) is 4.65. The van der Waals surface area contributed by atoms with E-state index in [9.17, 15) is 19.7 Å². The highest BCUT2D eigenvalue weighted by atomic mass is 35.5. The number of rotatable bonds is 3. The first-order chi connectivity index (χ1) is 11.8. The van der Waals surface area contributed by atoms with Crippen LogP contribution in [0.2, 0.25) is 10.0 Å². The molecule has 0 saturated carbocycles. The van der Waals surface area contributed by atoms with E-state index in [0.717, 1.165) is 4.90 Å². The molecule has 0 N–H and O–H groups in total. The highest BCUT2D eigenvalue weighted by Gasteiger charge is 2.39. The van der Waals surface area contributed by atoms with Gasteiger partial charge in [0, 0.05) is 12.1 Å². The van der Waals surface area contributed by atoms with Crippen molar-refractivity contribution in [2.45, 2.75) is 0 Å². The standard InChI is InChI=1S/C16H7Cl3N2O4/c17-11-6-5-10(7-12(11)18)20-15(22)13(14(19)16(20)23)8-1-3-9(4-2-8)21(24)25/h1-7H. The molecule has 3 rings (SSSR count). The van der Waals surface area contributed by atoms with E-state index in [4.69, 9.17) is 34.8 Å². The molecule has 0 spiro atoms. The van der Waals surface area contributed by atoms with E-state index in [-0.39, 0.29) is 32.0 Å². The summed E-state index contributed by atoms with van der Waals surface area (Å²) < 4.78 is 0. The second-order valence-electron chi connectivity index (χ2n) is 5.04. The van der Waals surface area contributed by atoms with E-state index < -0.39 is 16.7 Å². The largest absolute Gasteiger partial charge is 0.277 e. The molecule has 2 aromatic carbocycles. The van der Waals surface area contributed by atoms with Crippen LogP contribution in [0.5, 0.6) is 0 Å². The number of anilines is 1. The van der Waals surface area contributed by atoms with Gasteiger partial charge in [-0.3, -0.25) is 19.7 Å². The highest BCUT2D eigenvalue weighted by molar-refractivity contribution is 6.60. The molecule has 9 heteroatoms. The first kappa shape index (κ1) is 17.4. The second kappa shape index (κ2) is 6.48. The predicted molar refractivity (Wildman–Crippen MR) is 94.8 cm³/mol. The van der Waals surface area contributed by atoms with Crippen molar-refractivity contribution in [1.82, 2.24) is 0 Å². The molecule has 1 aliphatic heterocycles. The summed E-state index contributed by atoms with van der Waals surface area (Å²) in [5.74, 6) is -1.36. The quantitative estimate of drug-likeness (QED) is 0.436. The number of halogens is 3. The lowest BCUT2D eigenvalue weighted by Gasteiger charge is -2.15. The number of imide groups is 1. The summed E-state index contributed by atoms with van der Waals surface area (Å²) in [6, 6.07) is 9.48. The van der Waals surface area contributed by atoms with E-state index in [2.05, 4.69) is 0 Å². The normalized spacial score (nSPS) is 14.4. The maximum absolute atomic E-state index is 12.7. The second-order valence-corrected chi connectivity index (χ2v) is 6.23. The smallest absolute Gasteiger partial charge is 0.268 e. The predicted octanol–water partition coefficient (Wildman–Crippen LogP) is 4.42. The Hall–Kier alpha value is -2.41. The molecule has 0 aromatic heterocycles. The van der Waals surface area contributed by atoms with Crippen LogP contribution in [0.4, 0.5) is 11.4 Å². The van der Waals surface area contributed by atoms with Crippen molar-refractivity contribution < 1.29 is 14.5 Å². The maximum atomic E-state index is 12.7. The van der Waals surface area contributed by atoms with Crippen LogP contribution in [0, 0.1) is 10.1 Å². The lowest BCUT2D eigenvalue weighted by molar-refractivity contribution is -0.384. The van der Waals surface area contributed by atoms with Crippen molar-refractivity contribution in [3.05, 3.63) is 73.2 Å². The Balaban J connectivity index is 2.01. The van der Waals surface area contributed by atoms with Gasteiger partial charge in [-0.1, -0.05) is 34.8 Å². The van der Waals surface area contributed by atoms with Gasteiger partial charge in [0.25, 0.3) is 17.5 Å². The molecule has 0 saturated heterocycles. The number of benzene rings is 2. The van der Waals surface area contributed by atoms with E-state index in [1.165, 1.54) is 42.5 Å². The first-order valence-electron chi connectivity index (χ1n) is 6.79. The average Bonchev–Trinajstić information content (AvgIpc) is 2.80. The molecule has 0 aliphatic carbocycles. The molecular weight excluding hydrogens is 391 g/mol. The van der Waals surface area contributed by atoms with Crippen LogP contribution in [0.1, 0.15) is 5.56 Å². The van der Waals surface area contributed by atoms with Gasteiger partial charge >= 0.3 is 0 Å². The minimum Gasteiger partial charge on any atom is -0.268 e. The van der Waals surface area contributed by atoms with Crippen LogP contribution < -0.4 is 4.90 Å².